The topological polar surface area (TPSA) is 112 Å². The number of anilines is 2. The molecule has 2 amide bonds. The number of nitrogens with zero attached hydrogens (tertiary/aromatic N) is 2. The Morgan fingerprint density at radius 1 is 1.16 bits per heavy atom. The van der Waals surface area contributed by atoms with Crippen LogP contribution < -0.4 is 15.8 Å². The lowest BCUT2D eigenvalue weighted by molar-refractivity contribution is -0.136. The Morgan fingerprint density at radius 2 is 1.88 bits per heavy atom. The number of carbonyl (C=O) groups is 2. The summed E-state index contributed by atoms with van der Waals surface area (Å²) in [6.07, 6.45) is 1.10. The molecule has 0 aliphatic carbocycles. The Labute approximate surface area is 183 Å². The van der Waals surface area contributed by atoms with Crippen LogP contribution in [0, 0.1) is 12.7 Å². The number of nitrogens with one attached hydrogen (secondary N) is 1. The van der Waals surface area contributed by atoms with E-state index < -0.39 is 29.1 Å². The number of carboxylic acid groups (broad SMARTS) is 1. The van der Waals surface area contributed by atoms with Crippen molar-refractivity contribution >= 4 is 23.4 Å². The first-order chi connectivity index (χ1) is 15.2. The molecule has 0 fully saturated rings. The van der Waals surface area contributed by atoms with Gasteiger partial charge in [-0.3, -0.25) is 14.5 Å². The average Bonchev–Trinajstić information content (AvgIpc) is 2.75. The van der Waals surface area contributed by atoms with Gasteiger partial charge in [0.05, 0.1) is 12.1 Å². The minimum atomic E-state index is -1.10. The van der Waals surface area contributed by atoms with E-state index in [1.807, 2.05) is 0 Å². The summed E-state index contributed by atoms with van der Waals surface area (Å²) in [5.74, 6) is -1.96. The molecule has 2 aromatic carbocycles. The van der Waals surface area contributed by atoms with E-state index in [4.69, 9.17) is 5.11 Å². The van der Waals surface area contributed by atoms with Crippen LogP contribution in [-0.2, 0) is 11.8 Å². The van der Waals surface area contributed by atoms with Crippen LogP contribution >= 0.6 is 0 Å². The Kier molecular flexibility index (Phi) is 6.58. The SMILES string of the molecule is Cc1cn(C)c(=O)c(N(C(=O)NCCC(=O)O)c2cccc(-c3ccccc3F)c2)c1O. The molecule has 0 atom stereocenters. The van der Waals surface area contributed by atoms with Crippen molar-refractivity contribution in [2.75, 3.05) is 11.4 Å². The molecule has 0 radical (unpaired) electrons. The fourth-order valence-corrected chi connectivity index (χ4v) is 3.28. The van der Waals surface area contributed by atoms with E-state index in [-0.39, 0.29) is 24.3 Å². The van der Waals surface area contributed by atoms with Gasteiger partial charge in [0.2, 0.25) is 0 Å². The quantitative estimate of drug-likeness (QED) is 0.544. The second-order valence-electron chi connectivity index (χ2n) is 7.17. The molecule has 3 aromatic rings. The van der Waals surface area contributed by atoms with Crippen molar-refractivity contribution in [2.24, 2.45) is 7.05 Å². The lowest BCUT2D eigenvalue weighted by Crippen LogP contribution is -2.41. The van der Waals surface area contributed by atoms with E-state index in [1.54, 1.807) is 37.3 Å². The molecule has 0 unspecified atom stereocenters. The van der Waals surface area contributed by atoms with Crippen LogP contribution in [0.2, 0.25) is 0 Å². The molecule has 0 saturated carbocycles. The first kappa shape index (κ1) is 22.5. The summed E-state index contributed by atoms with van der Waals surface area (Å²) >= 11 is 0. The van der Waals surface area contributed by atoms with E-state index >= 15 is 0 Å². The number of benzene rings is 2. The van der Waals surface area contributed by atoms with Crippen molar-refractivity contribution in [1.29, 1.82) is 0 Å². The first-order valence-corrected chi connectivity index (χ1v) is 9.74. The highest BCUT2D eigenvalue weighted by Crippen LogP contribution is 2.34. The standard InChI is InChI=1S/C23H22FN3O5/c1-14-13-26(2)22(31)20(21(14)30)27(23(32)25-11-10-19(28)29)16-7-5-6-15(12-16)17-8-3-4-9-18(17)24/h3-9,12-13,30H,10-11H2,1-2H3,(H,25,32)(H,28,29). The van der Waals surface area contributed by atoms with Crippen molar-refractivity contribution in [3.63, 3.8) is 0 Å². The van der Waals surface area contributed by atoms with Crippen molar-refractivity contribution in [2.45, 2.75) is 13.3 Å². The highest BCUT2D eigenvalue weighted by atomic mass is 19.1. The summed E-state index contributed by atoms with van der Waals surface area (Å²) in [5, 5.41) is 21.9. The Hall–Kier alpha value is -4.14. The molecule has 32 heavy (non-hydrogen) atoms. The number of aromatic hydroxyl groups is 1. The number of rotatable bonds is 6. The predicted molar refractivity (Wildman–Crippen MR) is 118 cm³/mol. The van der Waals surface area contributed by atoms with Gasteiger partial charge in [-0.15, -0.1) is 0 Å². The molecule has 1 aromatic heterocycles. The third kappa shape index (κ3) is 4.61. The van der Waals surface area contributed by atoms with E-state index in [0.717, 1.165) is 4.90 Å². The number of carboxylic acids is 1. The summed E-state index contributed by atoms with van der Waals surface area (Å²) in [6, 6.07) is 11.6. The minimum Gasteiger partial charge on any atom is -0.505 e. The largest absolute Gasteiger partial charge is 0.505 e. The Balaban J connectivity index is 2.16. The Bertz CT molecular complexity index is 1240. The molecule has 166 valence electrons. The maximum atomic E-state index is 14.3. The van der Waals surface area contributed by atoms with Crippen LogP contribution in [0.15, 0.2) is 59.5 Å². The van der Waals surface area contributed by atoms with E-state index in [2.05, 4.69) is 5.32 Å². The van der Waals surface area contributed by atoms with E-state index in [1.165, 1.54) is 36.0 Å². The highest BCUT2D eigenvalue weighted by molar-refractivity contribution is 6.01. The number of amides is 2. The van der Waals surface area contributed by atoms with Gasteiger partial charge in [0, 0.05) is 30.9 Å². The molecular weight excluding hydrogens is 417 g/mol. The first-order valence-electron chi connectivity index (χ1n) is 9.74. The molecule has 0 bridgehead atoms. The normalized spacial score (nSPS) is 10.6. The van der Waals surface area contributed by atoms with Gasteiger partial charge >= 0.3 is 12.0 Å². The maximum Gasteiger partial charge on any atom is 0.326 e. The van der Waals surface area contributed by atoms with Gasteiger partial charge in [0.15, 0.2) is 5.69 Å². The number of hydrogen-bond acceptors (Lipinski definition) is 4. The molecule has 0 saturated heterocycles. The number of carbonyl (C=O) groups excluding carboxylic acids is 1. The van der Waals surface area contributed by atoms with Gasteiger partial charge in [-0.2, -0.15) is 0 Å². The van der Waals surface area contributed by atoms with Gasteiger partial charge in [0.25, 0.3) is 5.56 Å². The molecular formula is C23H22FN3O5. The van der Waals surface area contributed by atoms with Crippen LogP contribution in [0.5, 0.6) is 5.75 Å². The predicted octanol–water partition coefficient (Wildman–Crippen LogP) is 3.53. The average molecular weight is 439 g/mol. The number of aliphatic carboxylic acids is 1. The van der Waals surface area contributed by atoms with Crippen LogP contribution in [0.3, 0.4) is 0 Å². The fraction of sp³-hybridized carbons (Fsp3) is 0.174. The zero-order chi connectivity index (χ0) is 23.4. The van der Waals surface area contributed by atoms with Crippen LogP contribution in [0.25, 0.3) is 11.1 Å². The zero-order valence-corrected chi connectivity index (χ0v) is 17.5. The third-order valence-corrected chi connectivity index (χ3v) is 4.84. The molecule has 3 rings (SSSR count). The molecule has 0 spiro atoms. The number of halogens is 1. The summed E-state index contributed by atoms with van der Waals surface area (Å²) < 4.78 is 15.5. The van der Waals surface area contributed by atoms with E-state index in [9.17, 15) is 23.9 Å². The van der Waals surface area contributed by atoms with Gasteiger partial charge in [-0.25, -0.2) is 9.18 Å². The number of aryl methyl sites for hydroxylation is 2. The fourth-order valence-electron chi connectivity index (χ4n) is 3.28. The summed E-state index contributed by atoms with van der Waals surface area (Å²) in [7, 11) is 1.48. The molecule has 1 heterocycles. The highest BCUT2D eigenvalue weighted by Gasteiger charge is 2.26. The van der Waals surface area contributed by atoms with Crippen molar-refractivity contribution in [3.05, 3.63) is 76.5 Å². The monoisotopic (exact) mass is 439 g/mol. The second kappa shape index (κ2) is 9.34. The van der Waals surface area contributed by atoms with Crippen LogP contribution in [-0.4, -0.2) is 33.3 Å². The molecule has 9 heteroatoms. The lowest BCUT2D eigenvalue weighted by atomic mass is 10.0. The number of aromatic nitrogens is 1. The summed E-state index contributed by atoms with van der Waals surface area (Å²) in [4.78, 5) is 37.7. The van der Waals surface area contributed by atoms with Gasteiger partial charge in [0.1, 0.15) is 11.6 Å². The number of hydrogen-bond donors (Lipinski definition) is 3. The van der Waals surface area contributed by atoms with Gasteiger partial charge in [-0.05, 0) is 30.7 Å². The Morgan fingerprint density at radius 3 is 2.56 bits per heavy atom. The lowest BCUT2D eigenvalue weighted by Gasteiger charge is -2.25. The van der Waals surface area contributed by atoms with Crippen molar-refractivity contribution in [1.82, 2.24) is 9.88 Å². The summed E-state index contributed by atoms with van der Waals surface area (Å²) in [5.41, 5.74) is 0.353. The number of urea groups is 1. The molecule has 8 nitrogen and oxygen atoms in total. The number of pyridine rings is 1. The minimum absolute atomic E-state index is 0.190. The van der Waals surface area contributed by atoms with Crippen molar-refractivity contribution in [3.8, 4) is 16.9 Å². The second-order valence-corrected chi connectivity index (χ2v) is 7.17. The van der Waals surface area contributed by atoms with Crippen LogP contribution in [0.4, 0.5) is 20.6 Å². The molecule has 0 aliphatic rings. The van der Waals surface area contributed by atoms with Crippen LogP contribution in [0.1, 0.15) is 12.0 Å². The maximum absolute atomic E-state index is 14.3. The van der Waals surface area contributed by atoms with E-state index in [0.29, 0.717) is 16.7 Å². The summed E-state index contributed by atoms with van der Waals surface area (Å²) in [6.45, 7) is 1.39. The zero-order valence-electron chi connectivity index (χ0n) is 17.5. The van der Waals surface area contributed by atoms with Crippen molar-refractivity contribution < 1.29 is 24.2 Å². The third-order valence-electron chi connectivity index (χ3n) is 4.84. The molecule has 3 N–H and O–H groups in total. The van der Waals surface area contributed by atoms with Gasteiger partial charge in [-0.1, -0.05) is 30.3 Å². The smallest absolute Gasteiger partial charge is 0.326 e. The van der Waals surface area contributed by atoms with Gasteiger partial charge < -0.3 is 20.1 Å². The molecule has 0 aliphatic heterocycles.